The van der Waals surface area contributed by atoms with Crippen LogP contribution in [0.25, 0.3) is 0 Å². The van der Waals surface area contributed by atoms with Crippen molar-refractivity contribution in [2.24, 2.45) is 40.4 Å². The molecule has 0 heteroatoms. The van der Waals surface area contributed by atoms with E-state index in [0.717, 1.165) is 35.0 Å². The van der Waals surface area contributed by atoms with Crippen LogP contribution >= 0.6 is 0 Å². The summed E-state index contributed by atoms with van der Waals surface area (Å²) in [5, 5.41) is 0. The van der Waals surface area contributed by atoms with Crippen molar-refractivity contribution in [2.45, 2.75) is 91.4 Å². The van der Waals surface area contributed by atoms with E-state index in [2.05, 4.69) is 20.8 Å². The Morgan fingerprint density at radius 1 is 0.762 bits per heavy atom. The van der Waals surface area contributed by atoms with Gasteiger partial charge < -0.3 is 0 Å². The molecule has 0 bridgehead atoms. The Bertz CT molecular complexity index is 399. The molecule has 0 heterocycles. The Kier molecular flexibility index (Phi) is 3.47. The molecule has 4 fully saturated rings. The fraction of sp³-hybridized carbons (Fsp3) is 1.00. The Balaban J connectivity index is 1.62. The highest BCUT2D eigenvalue weighted by Crippen LogP contribution is 2.67. The second kappa shape index (κ2) is 5.00. The summed E-state index contributed by atoms with van der Waals surface area (Å²) in [5.41, 5.74) is 1.45. The molecule has 4 aliphatic carbocycles. The summed E-state index contributed by atoms with van der Waals surface area (Å²) in [6.45, 7) is 7.84. The molecule has 4 saturated carbocycles. The molecule has 0 aromatic heterocycles. The first-order chi connectivity index (χ1) is 10.1. The zero-order valence-electron chi connectivity index (χ0n) is 14.7. The van der Waals surface area contributed by atoms with Crippen LogP contribution in [0.15, 0.2) is 0 Å². The number of hydrogen-bond donors (Lipinski definition) is 0. The van der Waals surface area contributed by atoms with Crippen molar-refractivity contribution in [3.63, 3.8) is 0 Å². The number of rotatable bonds is 1. The van der Waals surface area contributed by atoms with Crippen molar-refractivity contribution in [1.82, 2.24) is 0 Å². The van der Waals surface area contributed by atoms with Crippen molar-refractivity contribution in [1.29, 1.82) is 0 Å². The lowest BCUT2D eigenvalue weighted by Crippen LogP contribution is -2.52. The third-order valence-corrected chi connectivity index (χ3v) is 9.27. The van der Waals surface area contributed by atoms with Crippen LogP contribution in [0.3, 0.4) is 0 Å². The molecule has 0 aromatic rings. The van der Waals surface area contributed by atoms with Gasteiger partial charge in [-0.1, -0.05) is 40.0 Å². The minimum absolute atomic E-state index is 0.716. The maximum absolute atomic E-state index is 2.71. The van der Waals surface area contributed by atoms with Gasteiger partial charge >= 0.3 is 0 Å². The topological polar surface area (TPSA) is 0 Å². The molecule has 7 atom stereocenters. The molecular formula is C21H36. The van der Waals surface area contributed by atoms with Gasteiger partial charge in [-0.25, -0.2) is 0 Å². The summed E-state index contributed by atoms with van der Waals surface area (Å²) < 4.78 is 0. The zero-order chi connectivity index (χ0) is 14.7. The smallest absolute Gasteiger partial charge is 0.0266 e. The Morgan fingerprint density at radius 2 is 1.57 bits per heavy atom. The third kappa shape index (κ3) is 1.93. The van der Waals surface area contributed by atoms with Crippen molar-refractivity contribution in [3.05, 3.63) is 0 Å². The van der Waals surface area contributed by atoms with E-state index in [1.165, 1.54) is 19.3 Å². The lowest BCUT2D eigenvalue weighted by atomic mass is 9.45. The Hall–Kier alpha value is 0. The molecular weight excluding hydrogens is 252 g/mol. The van der Waals surface area contributed by atoms with Crippen molar-refractivity contribution >= 4 is 0 Å². The van der Waals surface area contributed by atoms with Crippen molar-refractivity contribution < 1.29 is 0 Å². The van der Waals surface area contributed by atoms with Gasteiger partial charge in [0.05, 0.1) is 0 Å². The fourth-order valence-electron chi connectivity index (χ4n) is 8.07. The van der Waals surface area contributed by atoms with Crippen LogP contribution in [0.2, 0.25) is 0 Å². The molecule has 0 N–H and O–H groups in total. The summed E-state index contributed by atoms with van der Waals surface area (Å²) in [4.78, 5) is 0. The van der Waals surface area contributed by atoms with Crippen LogP contribution in [0, 0.1) is 40.4 Å². The van der Waals surface area contributed by atoms with E-state index >= 15 is 0 Å². The summed E-state index contributed by atoms with van der Waals surface area (Å²) in [7, 11) is 0. The second-order valence-electron chi connectivity index (χ2n) is 9.63. The first kappa shape index (κ1) is 14.6. The monoisotopic (exact) mass is 288 g/mol. The SMILES string of the molecule is CCC1CC[C@H]2[C@@H]3CC[C@H]4CCCC[C@]4(C)[C@H]3CC[C@]12C. The van der Waals surface area contributed by atoms with Gasteiger partial charge in [0.25, 0.3) is 0 Å². The van der Waals surface area contributed by atoms with E-state index in [1.807, 2.05) is 0 Å². The first-order valence-electron chi connectivity index (χ1n) is 10.1. The normalized spacial score (nSPS) is 56.4. The van der Waals surface area contributed by atoms with Crippen LogP contribution in [0.1, 0.15) is 91.4 Å². The number of hydrogen-bond acceptors (Lipinski definition) is 0. The molecule has 0 aliphatic heterocycles. The fourth-order valence-corrected chi connectivity index (χ4v) is 8.07. The highest BCUT2D eigenvalue weighted by Gasteiger charge is 2.59. The third-order valence-electron chi connectivity index (χ3n) is 9.27. The Morgan fingerprint density at radius 3 is 2.38 bits per heavy atom. The molecule has 4 rings (SSSR count). The molecule has 0 nitrogen and oxygen atoms in total. The van der Waals surface area contributed by atoms with Gasteiger partial charge in [-0.2, -0.15) is 0 Å². The minimum atomic E-state index is 0.716. The Labute approximate surface area is 132 Å². The highest BCUT2D eigenvalue weighted by molar-refractivity contribution is 5.08. The van der Waals surface area contributed by atoms with Gasteiger partial charge in [0.1, 0.15) is 0 Å². The van der Waals surface area contributed by atoms with E-state index in [4.69, 9.17) is 0 Å². The van der Waals surface area contributed by atoms with E-state index in [-0.39, 0.29) is 0 Å². The maximum Gasteiger partial charge on any atom is -0.0266 e. The van der Waals surface area contributed by atoms with E-state index in [9.17, 15) is 0 Å². The van der Waals surface area contributed by atoms with Gasteiger partial charge in [0, 0.05) is 0 Å². The average molecular weight is 289 g/mol. The molecule has 0 saturated heterocycles. The van der Waals surface area contributed by atoms with Crippen LogP contribution in [-0.2, 0) is 0 Å². The molecule has 120 valence electrons. The highest BCUT2D eigenvalue weighted by atomic mass is 14.6. The maximum atomic E-state index is 2.71. The predicted octanol–water partition coefficient (Wildman–Crippen LogP) is 6.45. The predicted molar refractivity (Wildman–Crippen MR) is 90.1 cm³/mol. The lowest BCUT2D eigenvalue weighted by molar-refractivity contribution is -0.110. The average Bonchev–Trinajstić information content (AvgIpc) is 2.83. The van der Waals surface area contributed by atoms with E-state index < -0.39 is 0 Å². The van der Waals surface area contributed by atoms with Crippen molar-refractivity contribution in [3.8, 4) is 0 Å². The quantitative estimate of drug-likeness (QED) is 0.520. The molecule has 0 radical (unpaired) electrons. The van der Waals surface area contributed by atoms with Gasteiger partial charge in [0.2, 0.25) is 0 Å². The van der Waals surface area contributed by atoms with Gasteiger partial charge in [-0.05, 0) is 91.8 Å². The molecule has 21 heavy (non-hydrogen) atoms. The van der Waals surface area contributed by atoms with Crippen LogP contribution in [-0.4, -0.2) is 0 Å². The van der Waals surface area contributed by atoms with Crippen LogP contribution < -0.4 is 0 Å². The summed E-state index contributed by atoms with van der Waals surface area (Å²) in [5.74, 6) is 5.39. The van der Waals surface area contributed by atoms with Gasteiger partial charge in [-0.3, -0.25) is 0 Å². The molecule has 0 amide bonds. The van der Waals surface area contributed by atoms with Crippen LogP contribution in [0.5, 0.6) is 0 Å². The van der Waals surface area contributed by atoms with Crippen LogP contribution in [0.4, 0.5) is 0 Å². The lowest BCUT2D eigenvalue weighted by Gasteiger charge is -2.60. The van der Waals surface area contributed by atoms with Gasteiger partial charge in [-0.15, -0.1) is 0 Å². The zero-order valence-corrected chi connectivity index (χ0v) is 14.7. The molecule has 0 aromatic carbocycles. The molecule has 1 unspecified atom stereocenters. The molecule has 4 aliphatic rings. The largest absolute Gasteiger partial charge is 0.0651 e. The van der Waals surface area contributed by atoms with Crippen molar-refractivity contribution in [2.75, 3.05) is 0 Å². The first-order valence-corrected chi connectivity index (χ1v) is 10.1. The summed E-state index contributed by atoms with van der Waals surface area (Å²) in [6.07, 6.45) is 17.0. The molecule has 0 spiro atoms. The van der Waals surface area contributed by atoms with Gasteiger partial charge in [0.15, 0.2) is 0 Å². The minimum Gasteiger partial charge on any atom is -0.0651 e. The van der Waals surface area contributed by atoms with E-state index in [0.29, 0.717) is 5.41 Å². The second-order valence-corrected chi connectivity index (χ2v) is 9.63. The standard InChI is InChI=1S/C21H36/c1-4-15-9-11-18-17-10-8-16-7-5-6-13-20(16,2)19(17)12-14-21(15,18)3/h15-19H,4-14H2,1-3H3/t15?,16-,17+,18+,19+,20+,21-/m1/s1. The summed E-state index contributed by atoms with van der Waals surface area (Å²) >= 11 is 0. The summed E-state index contributed by atoms with van der Waals surface area (Å²) in [6, 6.07) is 0. The number of fused-ring (bicyclic) bond motifs is 5. The van der Waals surface area contributed by atoms with E-state index in [1.54, 1.807) is 51.4 Å².